The van der Waals surface area contributed by atoms with E-state index >= 15 is 0 Å². The number of alkyl halides is 1. The lowest BCUT2D eigenvalue weighted by atomic mass is 9.92. The monoisotopic (exact) mass is 234 g/mol. The van der Waals surface area contributed by atoms with Gasteiger partial charge in [0.25, 0.3) is 0 Å². The second-order valence-corrected chi connectivity index (χ2v) is 4.88. The number of fused-ring (bicyclic) bond motifs is 1. The first-order valence-corrected chi connectivity index (χ1v) is 6.36. The average molecular weight is 235 g/mol. The van der Waals surface area contributed by atoms with E-state index in [1.54, 1.807) is 0 Å². The van der Waals surface area contributed by atoms with E-state index in [2.05, 4.69) is 34.7 Å². The summed E-state index contributed by atoms with van der Waals surface area (Å²) in [4.78, 5) is 4.61. The molecule has 84 valence electrons. The van der Waals surface area contributed by atoms with Gasteiger partial charge in [-0.3, -0.25) is 0 Å². The highest BCUT2D eigenvalue weighted by Crippen LogP contribution is 2.36. The molecule has 2 aromatic rings. The summed E-state index contributed by atoms with van der Waals surface area (Å²) >= 11 is 5.99. The van der Waals surface area contributed by atoms with E-state index in [4.69, 9.17) is 11.6 Å². The Hall–Kier alpha value is -1.02. The SMILES string of the molecule is Cc1ccc2nc(CCl)n(C3CCC3)c2c1. The van der Waals surface area contributed by atoms with Gasteiger partial charge in [-0.05, 0) is 43.9 Å². The largest absolute Gasteiger partial charge is 0.324 e. The summed E-state index contributed by atoms with van der Waals surface area (Å²) in [5, 5.41) is 0. The van der Waals surface area contributed by atoms with Crippen LogP contribution in [-0.2, 0) is 5.88 Å². The zero-order valence-electron chi connectivity index (χ0n) is 9.41. The predicted molar refractivity (Wildman–Crippen MR) is 66.9 cm³/mol. The van der Waals surface area contributed by atoms with Crippen molar-refractivity contribution in [2.45, 2.75) is 38.1 Å². The van der Waals surface area contributed by atoms with Gasteiger partial charge in [0.15, 0.2) is 0 Å². The third-order valence-corrected chi connectivity index (χ3v) is 3.72. The molecule has 1 aromatic heterocycles. The number of halogens is 1. The summed E-state index contributed by atoms with van der Waals surface area (Å²) in [6.45, 7) is 2.12. The van der Waals surface area contributed by atoms with E-state index in [1.807, 2.05) is 0 Å². The van der Waals surface area contributed by atoms with Gasteiger partial charge in [-0.2, -0.15) is 0 Å². The standard InChI is InChI=1S/C13H15ClN2/c1-9-5-6-11-12(7-9)16(10-3-2-4-10)13(8-14)15-11/h5-7,10H,2-4,8H2,1H3. The molecule has 0 unspecified atom stereocenters. The molecule has 2 nitrogen and oxygen atoms in total. The van der Waals surface area contributed by atoms with Crippen LogP contribution >= 0.6 is 11.6 Å². The molecule has 1 aliphatic carbocycles. The number of hydrogen-bond donors (Lipinski definition) is 0. The van der Waals surface area contributed by atoms with E-state index in [0.29, 0.717) is 11.9 Å². The normalized spacial score (nSPS) is 16.6. The molecule has 1 aromatic carbocycles. The van der Waals surface area contributed by atoms with Gasteiger partial charge in [0, 0.05) is 6.04 Å². The van der Waals surface area contributed by atoms with Crippen molar-refractivity contribution in [3.05, 3.63) is 29.6 Å². The molecule has 1 fully saturated rings. The lowest BCUT2D eigenvalue weighted by Crippen LogP contribution is -2.18. The van der Waals surface area contributed by atoms with Crippen molar-refractivity contribution in [3.8, 4) is 0 Å². The van der Waals surface area contributed by atoms with E-state index in [0.717, 1.165) is 11.3 Å². The Balaban J connectivity index is 2.23. The Morgan fingerprint density at radius 1 is 1.44 bits per heavy atom. The number of hydrogen-bond acceptors (Lipinski definition) is 1. The summed E-state index contributed by atoms with van der Waals surface area (Å²) < 4.78 is 2.35. The quantitative estimate of drug-likeness (QED) is 0.723. The molecule has 0 radical (unpaired) electrons. The molecule has 16 heavy (non-hydrogen) atoms. The van der Waals surface area contributed by atoms with Gasteiger partial charge in [0.1, 0.15) is 5.82 Å². The molecule has 3 rings (SSSR count). The smallest absolute Gasteiger partial charge is 0.125 e. The van der Waals surface area contributed by atoms with Crippen molar-refractivity contribution in [1.29, 1.82) is 0 Å². The van der Waals surface area contributed by atoms with Crippen LogP contribution in [0.25, 0.3) is 11.0 Å². The summed E-state index contributed by atoms with van der Waals surface area (Å²) in [6, 6.07) is 7.05. The first-order valence-electron chi connectivity index (χ1n) is 5.83. The second-order valence-electron chi connectivity index (χ2n) is 4.61. The van der Waals surface area contributed by atoms with Gasteiger partial charge in [-0.15, -0.1) is 11.6 Å². The van der Waals surface area contributed by atoms with Crippen LogP contribution in [0.1, 0.15) is 36.7 Å². The van der Waals surface area contributed by atoms with Crippen molar-refractivity contribution in [2.75, 3.05) is 0 Å². The highest BCUT2D eigenvalue weighted by Gasteiger charge is 2.24. The van der Waals surface area contributed by atoms with Crippen LogP contribution in [0.4, 0.5) is 0 Å². The molecule has 1 aliphatic rings. The minimum Gasteiger partial charge on any atom is -0.324 e. The molecule has 1 saturated carbocycles. The van der Waals surface area contributed by atoms with Crippen molar-refractivity contribution >= 4 is 22.6 Å². The highest BCUT2D eigenvalue weighted by molar-refractivity contribution is 6.16. The molecule has 3 heteroatoms. The van der Waals surface area contributed by atoms with Crippen LogP contribution < -0.4 is 0 Å². The Labute approximate surface area is 100 Å². The van der Waals surface area contributed by atoms with Gasteiger partial charge in [0.05, 0.1) is 16.9 Å². The molecular formula is C13H15ClN2. The molecule has 0 bridgehead atoms. The molecule has 0 amide bonds. The number of rotatable bonds is 2. The van der Waals surface area contributed by atoms with Crippen LogP contribution in [-0.4, -0.2) is 9.55 Å². The fraction of sp³-hybridized carbons (Fsp3) is 0.462. The predicted octanol–water partition coefficient (Wildman–Crippen LogP) is 3.81. The number of aromatic nitrogens is 2. The molecule has 0 atom stereocenters. The summed E-state index contributed by atoms with van der Waals surface area (Å²) in [6.07, 6.45) is 3.87. The number of nitrogens with zero attached hydrogens (tertiary/aromatic N) is 2. The van der Waals surface area contributed by atoms with Crippen molar-refractivity contribution in [2.24, 2.45) is 0 Å². The topological polar surface area (TPSA) is 17.8 Å². The molecule has 0 spiro atoms. The summed E-state index contributed by atoms with van der Waals surface area (Å²) in [5.41, 5.74) is 3.61. The number of benzene rings is 1. The van der Waals surface area contributed by atoms with E-state index in [-0.39, 0.29) is 0 Å². The second kappa shape index (κ2) is 3.77. The molecule has 0 saturated heterocycles. The third kappa shape index (κ3) is 1.44. The fourth-order valence-corrected chi connectivity index (χ4v) is 2.59. The Morgan fingerprint density at radius 3 is 2.88 bits per heavy atom. The lowest BCUT2D eigenvalue weighted by Gasteiger charge is -2.29. The van der Waals surface area contributed by atoms with E-state index < -0.39 is 0 Å². The van der Waals surface area contributed by atoms with Gasteiger partial charge in [-0.25, -0.2) is 4.98 Å². The number of imidazole rings is 1. The molecule has 0 N–H and O–H groups in total. The zero-order chi connectivity index (χ0) is 11.1. The van der Waals surface area contributed by atoms with Crippen molar-refractivity contribution < 1.29 is 0 Å². The maximum atomic E-state index is 5.99. The van der Waals surface area contributed by atoms with E-state index in [1.165, 1.54) is 30.3 Å². The average Bonchev–Trinajstić information content (AvgIpc) is 2.55. The molecular weight excluding hydrogens is 220 g/mol. The first-order chi connectivity index (χ1) is 7.79. The first kappa shape index (κ1) is 10.2. The van der Waals surface area contributed by atoms with E-state index in [9.17, 15) is 0 Å². The molecule has 1 heterocycles. The maximum absolute atomic E-state index is 5.99. The Morgan fingerprint density at radius 2 is 2.25 bits per heavy atom. The maximum Gasteiger partial charge on any atom is 0.125 e. The summed E-state index contributed by atoms with van der Waals surface area (Å²) in [7, 11) is 0. The summed E-state index contributed by atoms with van der Waals surface area (Å²) in [5.74, 6) is 1.52. The van der Waals surface area contributed by atoms with Crippen LogP contribution in [0.2, 0.25) is 0 Å². The lowest BCUT2D eigenvalue weighted by molar-refractivity contribution is 0.315. The highest BCUT2D eigenvalue weighted by atomic mass is 35.5. The molecule has 0 aliphatic heterocycles. The minimum absolute atomic E-state index is 0.504. The van der Waals surface area contributed by atoms with Crippen LogP contribution in [0.3, 0.4) is 0 Å². The fourth-order valence-electron chi connectivity index (χ4n) is 2.40. The Bertz CT molecular complexity index is 526. The van der Waals surface area contributed by atoms with Gasteiger partial charge in [0.2, 0.25) is 0 Å². The van der Waals surface area contributed by atoms with Crippen LogP contribution in [0, 0.1) is 6.92 Å². The van der Waals surface area contributed by atoms with Gasteiger partial charge in [-0.1, -0.05) is 6.07 Å². The van der Waals surface area contributed by atoms with Gasteiger partial charge >= 0.3 is 0 Å². The van der Waals surface area contributed by atoms with Crippen LogP contribution in [0.15, 0.2) is 18.2 Å². The Kier molecular flexibility index (Phi) is 2.40. The number of aryl methyl sites for hydroxylation is 1. The third-order valence-electron chi connectivity index (χ3n) is 3.48. The van der Waals surface area contributed by atoms with Crippen LogP contribution in [0.5, 0.6) is 0 Å². The minimum atomic E-state index is 0.504. The van der Waals surface area contributed by atoms with Crippen molar-refractivity contribution in [3.63, 3.8) is 0 Å². The van der Waals surface area contributed by atoms with Crippen molar-refractivity contribution in [1.82, 2.24) is 9.55 Å². The van der Waals surface area contributed by atoms with Gasteiger partial charge < -0.3 is 4.57 Å². The zero-order valence-corrected chi connectivity index (χ0v) is 10.2.